The highest BCUT2D eigenvalue weighted by Crippen LogP contribution is 2.18. The Morgan fingerprint density at radius 3 is 2.70 bits per heavy atom. The molecule has 0 bridgehead atoms. The Balaban J connectivity index is 1.78. The van der Waals surface area contributed by atoms with E-state index < -0.39 is 10.0 Å². The molecule has 0 unspecified atom stereocenters. The highest BCUT2D eigenvalue weighted by molar-refractivity contribution is 7.99. The Bertz CT molecular complexity index is 894. The number of benzene rings is 1. The second-order valence-electron chi connectivity index (χ2n) is 6.42. The SMILES string of the molecule is Cc1ccc(C)c(S(=O)(=O)NCCNC(=O)CSc2nncn2C(C)C)c1. The predicted octanol–water partition coefficient (Wildman–Crippen LogP) is 1.66. The van der Waals surface area contributed by atoms with Crippen LogP contribution < -0.4 is 10.0 Å². The van der Waals surface area contributed by atoms with Gasteiger partial charge < -0.3 is 9.88 Å². The third-order valence-corrected chi connectivity index (χ3v) is 6.36. The molecule has 8 nitrogen and oxygen atoms in total. The van der Waals surface area contributed by atoms with Gasteiger partial charge in [-0.3, -0.25) is 4.79 Å². The highest BCUT2D eigenvalue weighted by Gasteiger charge is 2.16. The molecule has 27 heavy (non-hydrogen) atoms. The van der Waals surface area contributed by atoms with Gasteiger partial charge in [-0.05, 0) is 44.9 Å². The molecule has 0 saturated heterocycles. The number of nitrogens with zero attached hydrogens (tertiary/aromatic N) is 3. The molecular weight excluding hydrogens is 386 g/mol. The van der Waals surface area contributed by atoms with Crippen LogP contribution in [0, 0.1) is 13.8 Å². The molecule has 1 aromatic carbocycles. The minimum Gasteiger partial charge on any atom is -0.354 e. The standard InChI is InChI=1S/C17H25N5O3S2/c1-12(2)22-11-19-21-17(22)26-10-16(23)18-7-8-20-27(24,25)15-9-13(3)5-6-14(15)4/h5-6,9,11-12,20H,7-8,10H2,1-4H3,(H,18,23). The van der Waals surface area contributed by atoms with E-state index in [1.807, 2.05) is 31.4 Å². The number of aromatic nitrogens is 3. The van der Waals surface area contributed by atoms with Crippen molar-refractivity contribution in [2.45, 2.75) is 43.8 Å². The van der Waals surface area contributed by atoms with Gasteiger partial charge in [-0.1, -0.05) is 23.9 Å². The average molecular weight is 412 g/mol. The monoisotopic (exact) mass is 411 g/mol. The van der Waals surface area contributed by atoms with Gasteiger partial charge in [0.15, 0.2) is 5.16 Å². The smallest absolute Gasteiger partial charge is 0.240 e. The first-order valence-electron chi connectivity index (χ1n) is 8.56. The molecular formula is C17H25N5O3S2. The molecule has 2 aromatic rings. The maximum atomic E-state index is 12.4. The lowest BCUT2D eigenvalue weighted by Gasteiger charge is -2.11. The molecule has 0 aliphatic rings. The van der Waals surface area contributed by atoms with Crippen LogP contribution in [0.2, 0.25) is 0 Å². The van der Waals surface area contributed by atoms with Crippen LogP contribution in [-0.4, -0.2) is 47.9 Å². The molecule has 0 aliphatic carbocycles. The predicted molar refractivity (Wildman–Crippen MR) is 105 cm³/mol. The summed E-state index contributed by atoms with van der Waals surface area (Å²) in [5, 5.41) is 11.2. The van der Waals surface area contributed by atoms with Crippen molar-refractivity contribution in [2.24, 2.45) is 0 Å². The van der Waals surface area contributed by atoms with Gasteiger partial charge in [0, 0.05) is 19.1 Å². The number of rotatable bonds is 9. The first-order valence-corrected chi connectivity index (χ1v) is 11.0. The van der Waals surface area contributed by atoms with Crippen LogP contribution in [-0.2, 0) is 14.8 Å². The molecule has 10 heteroatoms. The molecule has 0 spiro atoms. The summed E-state index contributed by atoms with van der Waals surface area (Å²) in [5.41, 5.74) is 1.56. The fraction of sp³-hybridized carbons (Fsp3) is 0.471. The van der Waals surface area contributed by atoms with Crippen LogP contribution in [0.5, 0.6) is 0 Å². The summed E-state index contributed by atoms with van der Waals surface area (Å²) >= 11 is 1.29. The Kier molecular flexibility index (Phi) is 7.40. The van der Waals surface area contributed by atoms with E-state index >= 15 is 0 Å². The second kappa shape index (κ2) is 9.34. The van der Waals surface area contributed by atoms with Crippen LogP contribution in [0.3, 0.4) is 0 Å². The topological polar surface area (TPSA) is 106 Å². The molecule has 148 valence electrons. The summed E-state index contributed by atoms with van der Waals surface area (Å²) < 4.78 is 29.2. The minimum atomic E-state index is -3.60. The molecule has 2 N–H and O–H groups in total. The van der Waals surface area contributed by atoms with Crippen LogP contribution in [0.4, 0.5) is 0 Å². The highest BCUT2D eigenvalue weighted by atomic mass is 32.2. The van der Waals surface area contributed by atoms with E-state index in [9.17, 15) is 13.2 Å². The molecule has 1 heterocycles. The van der Waals surface area contributed by atoms with Gasteiger partial charge in [-0.2, -0.15) is 0 Å². The molecule has 2 rings (SSSR count). The molecule has 0 atom stereocenters. The largest absolute Gasteiger partial charge is 0.354 e. The summed E-state index contributed by atoms with van der Waals surface area (Å²) in [6.07, 6.45) is 1.63. The van der Waals surface area contributed by atoms with Gasteiger partial charge in [0.1, 0.15) is 6.33 Å². The fourth-order valence-corrected chi connectivity index (χ4v) is 4.57. The molecule has 1 aromatic heterocycles. The van der Waals surface area contributed by atoms with Crippen LogP contribution >= 0.6 is 11.8 Å². The zero-order valence-electron chi connectivity index (χ0n) is 15.9. The van der Waals surface area contributed by atoms with Gasteiger partial charge in [0.25, 0.3) is 0 Å². The maximum Gasteiger partial charge on any atom is 0.240 e. The molecule has 0 saturated carbocycles. The minimum absolute atomic E-state index is 0.119. The lowest BCUT2D eigenvalue weighted by molar-refractivity contribution is -0.118. The van der Waals surface area contributed by atoms with Crippen LogP contribution in [0.15, 0.2) is 34.6 Å². The lowest BCUT2D eigenvalue weighted by atomic mass is 10.2. The number of nitrogens with one attached hydrogen (secondary N) is 2. The number of thioether (sulfide) groups is 1. The van der Waals surface area contributed by atoms with Crippen molar-refractivity contribution < 1.29 is 13.2 Å². The van der Waals surface area contributed by atoms with Gasteiger partial charge in [-0.15, -0.1) is 10.2 Å². The first-order chi connectivity index (χ1) is 12.7. The van der Waals surface area contributed by atoms with E-state index in [4.69, 9.17) is 0 Å². The zero-order chi connectivity index (χ0) is 20.0. The Hall–Kier alpha value is -1.91. The zero-order valence-corrected chi connectivity index (χ0v) is 17.5. The van der Waals surface area contributed by atoms with Crippen molar-refractivity contribution >= 4 is 27.7 Å². The normalized spacial score (nSPS) is 11.7. The second-order valence-corrected chi connectivity index (χ2v) is 9.10. The Labute approximate surface area is 164 Å². The summed E-state index contributed by atoms with van der Waals surface area (Å²) in [4.78, 5) is 12.2. The molecule has 0 fully saturated rings. The van der Waals surface area contributed by atoms with E-state index in [0.717, 1.165) is 5.56 Å². The van der Waals surface area contributed by atoms with E-state index in [0.29, 0.717) is 10.7 Å². The maximum absolute atomic E-state index is 12.4. The van der Waals surface area contributed by atoms with Crippen molar-refractivity contribution in [1.82, 2.24) is 24.8 Å². The summed E-state index contributed by atoms with van der Waals surface area (Å²) in [6.45, 7) is 7.94. The van der Waals surface area contributed by atoms with Crippen molar-refractivity contribution in [3.8, 4) is 0 Å². The van der Waals surface area contributed by atoms with Gasteiger partial charge >= 0.3 is 0 Å². The number of hydrogen-bond acceptors (Lipinski definition) is 6. The number of sulfonamides is 1. The van der Waals surface area contributed by atoms with Crippen LogP contribution in [0.25, 0.3) is 0 Å². The first kappa shape index (κ1) is 21.4. The van der Waals surface area contributed by atoms with E-state index in [2.05, 4.69) is 20.2 Å². The van der Waals surface area contributed by atoms with Crippen molar-refractivity contribution in [1.29, 1.82) is 0 Å². The van der Waals surface area contributed by atoms with Crippen molar-refractivity contribution in [3.05, 3.63) is 35.7 Å². The summed E-state index contributed by atoms with van der Waals surface area (Å²) in [5.74, 6) is -0.000884. The van der Waals surface area contributed by atoms with E-state index in [-0.39, 0.29) is 35.7 Å². The van der Waals surface area contributed by atoms with Crippen molar-refractivity contribution in [3.63, 3.8) is 0 Å². The average Bonchev–Trinajstić information content (AvgIpc) is 3.08. The quantitative estimate of drug-likeness (QED) is 0.480. The van der Waals surface area contributed by atoms with E-state index in [1.54, 1.807) is 25.4 Å². The van der Waals surface area contributed by atoms with Crippen LogP contribution in [0.1, 0.15) is 31.0 Å². The summed E-state index contributed by atoms with van der Waals surface area (Å²) in [7, 11) is -3.60. The van der Waals surface area contributed by atoms with Gasteiger partial charge in [0.05, 0.1) is 10.6 Å². The number of carbonyl (C=O) groups is 1. The molecule has 0 radical (unpaired) electrons. The fourth-order valence-electron chi connectivity index (χ4n) is 2.33. The third-order valence-electron chi connectivity index (χ3n) is 3.80. The molecule has 1 amide bonds. The Morgan fingerprint density at radius 2 is 2.00 bits per heavy atom. The lowest BCUT2D eigenvalue weighted by Crippen LogP contribution is -2.35. The third kappa shape index (κ3) is 6.05. The summed E-state index contributed by atoms with van der Waals surface area (Å²) in [6, 6.07) is 5.49. The Morgan fingerprint density at radius 1 is 1.26 bits per heavy atom. The van der Waals surface area contributed by atoms with E-state index in [1.165, 1.54) is 11.8 Å². The number of aryl methyl sites for hydroxylation is 2. The van der Waals surface area contributed by atoms with Crippen molar-refractivity contribution in [2.75, 3.05) is 18.8 Å². The van der Waals surface area contributed by atoms with Gasteiger partial charge in [-0.25, -0.2) is 13.1 Å². The number of carbonyl (C=O) groups excluding carboxylic acids is 1. The van der Waals surface area contributed by atoms with Gasteiger partial charge in [0.2, 0.25) is 15.9 Å². The number of hydrogen-bond donors (Lipinski definition) is 2. The number of amides is 1. The molecule has 0 aliphatic heterocycles.